The molecule has 2 aliphatic heterocycles. The van der Waals surface area contributed by atoms with Crippen molar-refractivity contribution in [2.45, 2.75) is 63.6 Å². The molecular weight excluding hydrogens is 230 g/mol. The maximum absolute atomic E-state index is 12.2. The summed E-state index contributed by atoms with van der Waals surface area (Å²) >= 11 is 0. The molecule has 0 bridgehead atoms. The molecule has 0 aromatic heterocycles. The predicted octanol–water partition coefficient (Wildman–Crippen LogP) is 1.71. The second-order valence-electron chi connectivity index (χ2n) is 5.92. The molecular formula is C14H25NO3. The Labute approximate surface area is 109 Å². The van der Waals surface area contributed by atoms with Crippen LogP contribution in [0.4, 0.5) is 0 Å². The molecule has 2 unspecified atom stereocenters. The van der Waals surface area contributed by atoms with Crippen molar-refractivity contribution >= 4 is 5.91 Å². The third-order valence-corrected chi connectivity index (χ3v) is 4.09. The highest BCUT2D eigenvalue weighted by Crippen LogP contribution is 2.23. The van der Waals surface area contributed by atoms with Gasteiger partial charge in [-0.3, -0.25) is 4.79 Å². The highest BCUT2D eigenvalue weighted by molar-refractivity contribution is 5.76. The van der Waals surface area contributed by atoms with E-state index >= 15 is 0 Å². The summed E-state index contributed by atoms with van der Waals surface area (Å²) in [5, 5.41) is 10.0. The molecule has 0 aliphatic carbocycles. The molecule has 0 radical (unpaired) electrons. The fourth-order valence-electron chi connectivity index (χ4n) is 2.81. The van der Waals surface area contributed by atoms with Crippen molar-refractivity contribution in [2.75, 3.05) is 19.7 Å². The normalized spacial score (nSPS) is 34.1. The van der Waals surface area contributed by atoms with Crippen LogP contribution in [-0.4, -0.2) is 47.3 Å². The molecule has 0 spiro atoms. The molecule has 0 aromatic carbocycles. The van der Waals surface area contributed by atoms with Crippen molar-refractivity contribution in [2.24, 2.45) is 0 Å². The first kappa shape index (κ1) is 13.8. The first-order valence-corrected chi connectivity index (χ1v) is 7.19. The molecule has 2 atom stereocenters. The summed E-state index contributed by atoms with van der Waals surface area (Å²) in [5.41, 5.74) is -0.601. The lowest BCUT2D eigenvalue weighted by molar-refractivity contribution is -0.135. The van der Waals surface area contributed by atoms with Crippen LogP contribution in [0, 0.1) is 0 Å². The molecule has 2 fully saturated rings. The van der Waals surface area contributed by atoms with Crippen LogP contribution in [0.25, 0.3) is 0 Å². The Morgan fingerprint density at radius 1 is 1.33 bits per heavy atom. The van der Waals surface area contributed by atoms with Gasteiger partial charge < -0.3 is 14.7 Å². The van der Waals surface area contributed by atoms with Crippen LogP contribution in [-0.2, 0) is 9.53 Å². The second-order valence-corrected chi connectivity index (χ2v) is 5.92. The Morgan fingerprint density at radius 3 is 2.89 bits per heavy atom. The highest BCUT2D eigenvalue weighted by atomic mass is 16.5. The molecule has 1 amide bonds. The number of amides is 1. The van der Waals surface area contributed by atoms with Crippen molar-refractivity contribution < 1.29 is 14.6 Å². The maximum Gasteiger partial charge on any atom is 0.225 e. The largest absolute Gasteiger partial charge is 0.390 e. The van der Waals surface area contributed by atoms with Crippen molar-refractivity contribution in [1.29, 1.82) is 0 Å². The van der Waals surface area contributed by atoms with Crippen molar-refractivity contribution in [3.8, 4) is 0 Å². The van der Waals surface area contributed by atoms with Crippen molar-refractivity contribution in [3.63, 3.8) is 0 Å². The molecule has 2 heterocycles. The average molecular weight is 255 g/mol. The minimum absolute atomic E-state index is 0.120. The van der Waals surface area contributed by atoms with Gasteiger partial charge in [-0.05, 0) is 45.4 Å². The number of ether oxygens (including phenoxy) is 1. The fourth-order valence-corrected chi connectivity index (χ4v) is 2.81. The summed E-state index contributed by atoms with van der Waals surface area (Å²) in [4.78, 5) is 14.1. The Hall–Kier alpha value is -0.610. The van der Waals surface area contributed by atoms with Crippen LogP contribution >= 0.6 is 0 Å². The van der Waals surface area contributed by atoms with Crippen molar-refractivity contribution in [3.05, 3.63) is 0 Å². The monoisotopic (exact) mass is 255 g/mol. The van der Waals surface area contributed by atoms with Gasteiger partial charge in [0, 0.05) is 19.7 Å². The lowest BCUT2D eigenvalue weighted by Gasteiger charge is -2.26. The standard InChI is InChI=1S/C14H25NO3/c1-14(17)6-4-8-15(9-7-14)13(16)11-12-5-2-3-10-18-12/h12,17H,2-11H2,1H3. The van der Waals surface area contributed by atoms with Gasteiger partial charge in [0.2, 0.25) is 5.91 Å². The number of hydrogen-bond acceptors (Lipinski definition) is 3. The fraction of sp³-hybridized carbons (Fsp3) is 0.929. The highest BCUT2D eigenvalue weighted by Gasteiger charge is 2.28. The second kappa shape index (κ2) is 6.02. The molecule has 2 saturated heterocycles. The van der Waals surface area contributed by atoms with Crippen LogP contribution < -0.4 is 0 Å². The van der Waals surface area contributed by atoms with E-state index < -0.39 is 5.60 Å². The molecule has 0 saturated carbocycles. The summed E-state index contributed by atoms with van der Waals surface area (Å²) < 4.78 is 5.61. The molecule has 4 heteroatoms. The Balaban J connectivity index is 1.81. The number of likely N-dealkylation sites (tertiary alicyclic amines) is 1. The number of carbonyl (C=O) groups is 1. The Bertz CT molecular complexity index is 285. The van der Waals surface area contributed by atoms with E-state index in [4.69, 9.17) is 4.74 Å². The first-order chi connectivity index (χ1) is 8.57. The van der Waals surface area contributed by atoms with E-state index in [1.165, 1.54) is 6.42 Å². The van der Waals surface area contributed by atoms with Gasteiger partial charge in [-0.1, -0.05) is 0 Å². The number of aliphatic hydroxyl groups is 1. The van der Waals surface area contributed by atoms with E-state index in [2.05, 4.69) is 0 Å². The lowest BCUT2D eigenvalue weighted by atomic mass is 9.98. The number of rotatable bonds is 2. The molecule has 4 nitrogen and oxygen atoms in total. The van der Waals surface area contributed by atoms with Crippen molar-refractivity contribution in [1.82, 2.24) is 4.90 Å². The SMILES string of the molecule is CC1(O)CCCN(C(=O)CC2CCCCO2)CC1. The van der Waals surface area contributed by atoms with E-state index in [1.807, 2.05) is 11.8 Å². The van der Waals surface area contributed by atoms with Gasteiger partial charge >= 0.3 is 0 Å². The zero-order chi connectivity index (χ0) is 13.0. The van der Waals surface area contributed by atoms with Gasteiger partial charge in [0.15, 0.2) is 0 Å². The molecule has 2 rings (SSSR count). The van der Waals surface area contributed by atoms with Crippen LogP contribution in [0.1, 0.15) is 51.9 Å². The minimum Gasteiger partial charge on any atom is -0.390 e. The van der Waals surface area contributed by atoms with E-state index in [1.54, 1.807) is 0 Å². The third kappa shape index (κ3) is 3.95. The van der Waals surface area contributed by atoms with Crippen LogP contribution in [0.5, 0.6) is 0 Å². The Morgan fingerprint density at radius 2 is 2.17 bits per heavy atom. The van der Waals surface area contributed by atoms with Crippen LogP contribution in [0.3, 0.4) is 0 Å². The molecule has 2 aliphatic rings. The lowest BCUT2D eigenvalue weighted by Crippen LogP contribution is -2.36. The van der Waals surface area contributed by atoms with Crippen LogP contribution in [0.2, 0.25) is 0 Å². The third-order valence-electron chi connectivity index (χ3n) is 4.09. The van der Waals surface area contributed by atoms with Gasteiger partial charge in [0.25, 0.3) is 0 Å². The summed E-state index contributed by atoms with van der Waals surface area (Å²) in [5.74, 6) is 0.194. The average Bonchev–Trinajstić information content (AvgIpc) is 2.51. The number of hydrogen-bond donors (Lipinski definition) is 1. The predicted molar refractivity (Wildman–Crippen MR) is 69.3 cm³/mol. The smallest absolute Gasteiger partial charge is 0.225 e. The van der Waals surface area contributed by atoms with E-state index in [0.29, 0.717) is 19.4 Å². The molecule has 104 valence electrons. The number of carbonyl (C=O) groups excluding carboxylic acids is 1. The summed E-state index contributed by atoms with van der Waals surface area (Å²) in [6.45, 7) is 4.12. The summed E-state index contributed by atoms with van der Waals surface area (Å²) in [6.07, 6.45) is 6.31. The minimum atomic E-state index is -0.601. The van der Waals surface area contributed by atoms with Gasteiger partial charge in [0.1, 0.15) is 0 Å². The van der Waals surface area contributed by atoms with E-state index in [9.17, 15) is 9.90 Å². The molecule has 18 heavy (non-hydrogen) atoms. The molecule has 0 aromatic rings. The Kier molecular flexibility index (Phi) is 4.62. The summed E-state index contributed by atoms with van der Waals surface area (Å²) in [6, 6.07) is 0. The van der Waals surface area contributed by atoms with E-state index in [-0.39, 0.29) is 12.0 Å². The zero-order valence-electron chi connectivity index (χ0n) is 11.4. The van der Waals surface area contributed by atoms with E-state index in [0.717, 1.165) is 38.8 Å². The van der Waals surface area contributed by atoms with Gasteiger partial charge in [0.05, 0.1) is 18.1 Å². The van der Waals surface area contributed by atoms with Crippen LogP contribution in [0.15, 0.2) is 0 Å². The quantitative estimate of drug-likeness (QED) is 0.817. The van der Waals surface area contributed by atoms with Gasteiger partial charge in [-0.15, -0.1) is 0 Å². The van der Waals surface area contributed by atoms with Gasteiger partial charge in [-0.2, -0.15) is 0 Å². The molecule has 1 N–H and O–H groups in total. The summed E-state index contributed by atoms with van der Waals surface area (Å²) in [7, 11) is 0. The number of nitrogens with zero attached hydrogens (tertiary/aromatic N) is 1. The first-order valence-electron chi connectivity index (χ1n) is 7.19. The zero-order valence-corrected chi connectivity index (χ0v) is 11.4. The maximum atomic E-state index is 12.2. The van der Waals surface area contributed by atoms with Gasteiger partial charge in [-0.25, -0.2) is 0 Å². The topological polar surface area (TPSA) is 49.8 Å².